The van der Waals surface area contributed by atoms with Gasteiger partial charge in [0, 0.05) is 36.8 Å². The molecule has 1 saturated heterocycles. The first-order chi connectivity index (χ1) is 16.0. The van der Waals surface area contributed by atoms with Gasteiger partial charge in [-0.05, 0) is 57.7 Å². The topological polar surface area (TPSA) is 75.0 Å². The second kappa shape index (κ2) is 9.29. The first-order valence-electron chi connectivity index (χ1n) is 11.3. The number of anilines is 1. The summed E-state index contributed by atoms with van der Waals surface area (Å²) >= 11 is 0. The van der Waals surface area contributed by atoms with Crippen molar-refractivity contribution in [2.45, 2.75) is 51.8 Å². The molecule has 1 aliphatic rings. The van der Waals surface area contributed by atoms with Crippen LogP contribution in [0.5, 0.6) is 0 Å². The fourth-order valence-electron chi connectivity index (χ4n) is 4.12. The monoisotopic (exact) mass is 471 g/mol. The highest BCUT2D eigenvalue weighted by Gasteiger charge is 2.30. The van der Waals surface area contributed by atoms with E-state index >= 15 is 0 Å². The summed E-state index contributed by atoms with van der Waals surface area (Å²) in [6, 6.07) is 8.53. The third kappa shape index (κ3) is 5.70. The van der Waals surface area contributed by atoms with E-state index in [1.807, 2.05) is 13.0 Å². The number of hydrogen-bond acceptors (Lipinski definition) is 6. The second-order valence-electron chi connectivity index (χ2n) is 9.34. The Morgan fingerprint density at radius 3 is 2.26 bits per heavy atom. The molecule has 0 unspecified atom stereocenters. The van der Waals surface area contributed by atoms with E-state index in [-0.39, 0.29) is 0 Å². The first-order valence-corrected chi connectivity index (χ1v) is 11.3. The molecule has 34 heavy (non-hydrogen) atoms. The van der Waals surface area contributed by atoms with Crippen LogP contribution in [0.1, 0.15) is 49.5 Å². The van der Waals surface area contributed by atoms with E-state index < -0.39 is 17.3 Å². The Morgan fingerprint density at radius 2 is 1.68 bits per heavy atom. The van der Waals surface area contributed by atoms with E-state index in [1.54, 1.807) is 26.2 Å². The average molecular weight is 472 g/mol. The normalized spacial score (nSPS) is 15.6. The standard InChI is InChI=1S/C25H28F3N5O/c1-16-12-23(30-15-29-16)33-10-8-17(9-11-33)13-22-31-20(14-21(32-22)24(2,3)34)18-4-6-19(7-5-18)25(26,27)28/h4-7,12,14-15,17,34H,8-11,13H2,1-3H3. The largest absolute Gasteiger partial charge is 0.416 e. The van der Waals surface area contributed by atoms with Crippen LogP contribution in [0.4, 0.5) is 19.0 Å². The van der Waals surface area contributed by atoms with Gasteiger partial charge in [0.25, 0.3) is 0 Å². The molecule has 0 saturated carbocycles. The minimum atomic E-state index is -4.40. The Bertz CT molecular complexity index is 1130. The summed E-state index contributed by atoms with van der Waals surface area (Å²) in [4.78, 5) is 20.0. The number of aryl methyl sites for hydroxylation is 1. The third-order valence-electron chi connectivity index (χ3n) is 6.11. The molecule has 0 bridgehead atoms. The van der Waals surface area contributed by atoms with Crippen molar-refractivity contribution in [3.05, 3.63) is 65.5 Å². The Morgan fingerprint density at radius 1 is 1.00 bits per heavy atom. The Kier molecular flexibility index (Phi) is 6.58. The van der Waals surface area contributed by atoms with Crippen LogP contribution in [0.2, 0.25) is 0 Å². The lowest BCUT2D eigenvalue weighted by Crippen LogP contribution is -2.35. The fourth-order valence-corrected chi connectivity index (χ4v) is 4.12. The summed E-state index contributed by atoms with van der Waals surface area (Å²) in [6.07, 6.45) is -0.305. The van der Waals surface area contributed by atoms with Gasteiger partial charge in [0.05, 0.1) is 17.0 Å². The molecule has 0 aliphatic carbocycles. The molecule has 1 aliphatic heterocycles. The Hall–Kier alpha value is -3.07. The molecule has 3 aromatic rings. The quantitative estimate of drug-likeness (QED) is 0.568. The van der Waals surface area contributed by atoms with Gasteiger partial charge in [-0.3, -0.25) is 0 Å². The maximum absolute atomic E-state index is 13.0. The smallest absolute Gasteiger partial charge is 0.384 e. The van der Waals surface area contributed by atoms with Gasteiger partial charge in [-0.1, -0.05) is 12.1 Å². The first kappa shape index (κ1) is 24.1. The number of nitrogens with zero attached hydrogens (tertiary/aromatic N) is 5. The molecule has 180 valence electrons. The number of aromatic nitrogens is 4. The van der Waals surface area contributed by atoms with Crippen LogP contribution in [0.25, 0.3) is 11.3 Å². The van der Waals surface area contributed by atoms with Crippen LogP contribution >= 0.6 is 0 Å². The van der Waals surface area contributed by atoms with Gasteiger partial charge in [-0.15, -0.1) is 0 Å². The number of hydrogen-bond donors (Lipinski definition) is 1. The van der Waals surface area contributed by atoms with Crippen LogP contribution in [-0.4, -0.2) is 38.1 Å². The van der Waals surface area contributed by atoms with E-state index in [2.05, 4.69) is 24.8 Å². The highest BCUT2D eigenvalue weighted by Crippen LogP contribution is 2.32. The van der Waals surface area contributed by atoms with E-state index in [0.717, 1.165) is 49.6 Å². The fraction of sp³-hybridized carbons (Fsp3) is 0.440. The Labute approximate surface area is 196 Å². The molecular weight excluding hydrogens is 443 g/mol. The van der Waals surface area contributed by atoms with Crippen LogP contribution < -0.4 is 4.90 Å². The van der Waals surface area contributed by atoms with Crippen LogP contribution in [0, 0.1) is 12.8 Å². The zero-order valence-corrected chi connectivity index (χ0v) is 19.5. The molecule has 1 N–H and O–H groups in total. The van der Waals surface area contributed by atoms with Crippen LogP contribution in [0.3, 0.4) is 0 Å². The maximum atomic E-state index is 13.0. The number of halogens is 3. The van der Waals surface area contributed by atoms with E-state index in [9.17, 15) is 18.3 Å². The van der Waals surface area contributed by atoms with Gasteiger partial charge in [-0.2, -0.15) is 13.2 Å². The van der Waals surface area contributed by atoms with Crippen molar-refractivity contribution in [1.29, 1.82) is 0 Å². The summed E-state index contributed by atoms with van der Waals surface area (Å²) in [5.74, 6) is 1.87. The summed E-state index contributed by atoms with van der Waals surface area (Å²) < 4.78 is 38.9. The van der Waals surface area contributed by atoms with Gasteiger partial charge in [0.1, 0.15) is 23.6 Å². The van der Waals surface area contributed by atoms with E-state index in [1.165, 1.54) is 12.1 Å². The molecule has 1 aromatic carbocycles. The van der Waals surface area contributed by atoms with Crippen LogP contribution in [-0.2, 0) is 18.2 Å². The van der Waals surface area contributed by atoms with E-state index in [0.29, 0.717) is 35.1 Å². The summed E-state index contributed by atoms with van der Waals surface area (Å²) in [5.41, 5.74) is 0.521. The van der Waals surface area contributed by atoms with E-state index in [4.69, 9.17) is 0 Å². The van der Waals surface area contributed by atoms with Gasteiger partial charge >= 0.3 is 6.18 Å². The molecule has 4 rings (SSSR count). The van der Waals surface area contributed by atoms with Crippen molar-refractivity contribution in [2.24, 2.45) is 5.92 Å². The summed E-state index contributed by atoms with van der Waals surface area (Å²) in [6.45, 7) is 6.94. The van der Waals surface area contributed by atoms with Crippen LogP contribution in [0.15, 0.2) is 42.7 Å². The molecule has 0 radical (unpaired) electrons. The second-order valence-corrected chi connectivity index (χ2v) is 9.34. The molecule has 6 nitrogen and oxygen atoms in total. The number of rotatable bonds is 5. The Balaban J connectivity index is 1.53. The lowest BCUT2D eigenvalue weighted by atomic mass is 9.92. The predicted molar refractivity (Wildman–Crippen MR) is 123 cm³/mol. The highest BCUT2D eigenvalue weighted by atomic mass is 19.4. The molecule has 9 heteroatoms. The van der Waals surface area contributed by atoms with Gasteiger partial charge in [0.2, 0.25) is 0 Å². The SMILES string of the molecule is Cc1cc(N2CCC(Cc3nc(-c4ccc(C(F)(F)F)cc4)cc(C(C)(C)O)n3)CC2)ncn1. The van der Waals surface area contributed by atoms with Crippen molar-refractivity contribution < 1.29 is 18.3 Å². The zero-order valence-electron chi connectivity index (χ0n) is 19.5. The third-order valence-corrected chi connectivity index (χ3v) is 6.11. The predicted octanol–water partition coefficient (Wildman–Crippen LogP) is 4.95. The minimum Gasteiger partial charge on any atom is -0.384 e. The molecular formula is C25H28F3N5O. The summed E-state index contributed by atoms with van der Waals surface area (Å²) in [5, 5.41) is 10.6. The summed E-state index contributed by atoms with van der Waals surface area (Å²) in [7, 11) is 0. The van der Waals surface area contributed by atoms with Crippen molar-refractivity contribution in [3.63, 3.8) is 0 Å². The van der Waals surface area contributed by atoms with Crippen molar-refractivity contribution >= 4 is 5.82 Å². The number of piperidine rings is 1. The highest BCUT2D eigenvalue weighted by molar-refractivity contribution is 5.60. The molecule has 0 atom stereocenters. The van der Waals surface area contributed by atoms with Gasteiger partial charge in [-0.25, -0.2) is 19.9 Å². The molecule has 2 aromatic heterocycles. The van der Waals surface area contributed by atoms with Crippen molar-refractivity contribution in [3.8, 4) is 11.3 Å². The molecule has 0 amide bonds. The van der Waals surface area contributed by atoms with Crippen molar-refractivity contribution in [1.82, 2.24) is 19.9 Å². The number of aliphatic hydroxyl groups is 1. The van der Waals surface area contributed by atoms with Gasteiger partial charge in [0.15, 0.2) is 0 Å². The zero-order chi connectivity index (χ0) is 24.5. The van der Waals surface area contributed by atoms with Crippen molar-refractivity contribution in [2.75, 3.05) is 18.0 Å². The molecule has 1 fully saturated rings. The maximum Gasteiger partial charge on any atom is 0.416 e. The van der Waals surface area contributed by atoms with Gasteiger partial charge < -0.3 is 10.0 Å². The lowest BCUT2D eigenvalue weighted by Gasteiger charge is -2.32. The number of alkyl halides is 3. The average Bonchev–Trinajstić information content (AvgIpc) is 2.78. The molecule has 3 heterocycles. The molecule has 0 spiro atoms. The number of benzene rings is 1. The minimum absolute atomic E-state index is 0.358. The lowest BCUT2D eigenvalue weighted by molar-refractivity contribution is -0.137.